The summed E-state index contributed by atoms with van der Waals surface area (Å²) in [7, 11) is 0. The number of hydrogen-bond acceptors (Lipinski definition) is 8. The van der Waals surface area contributed by atoms with E-state index in [2.05, 4.69) is 25.3 Å². The number of carbonyl (C=O) groups excluding carboxylic acids is 1. The second-order valence-electron chi connectivity index (χ2n) is 8.69. The highest BCUT2D eigenvalue weighted by Crippen LogP contribution is 2.31. The lowest BCUT2D eigenvalue weighted by Gasteiger charge is -2.23. The summed E-state index contributed by atoms with van der Waals surface area (Å²) in [6.45, 7) is 5.92. The third kappa shape index (κ3) is 4.52. The van der Waals surface area contributed by atoms with E-state index in [-0.39, 0.29) is 24.0 Å². The third-order valence-corrected chi connectivity index (χ3v) is 6.46. The molecule has 33 heavy (non-hydrogen) atoms. The van der Waals surface area contributed by atoms with Crippen LogP contribution in [-0.4, -0.2) is 60.8 Å². The van der Waals surface area contributed by atoms with Gasteiger partial charge < -0.3 is 19.4 Å². The van der Waals surface area contributed by atoms with E-state index in [1.165, 1.54) is 6.33 Å². The fourth-order valence-electron chi connectivity index (χ4n) is 4.64. The highest BCUT2D eigenvalue weighted by atomic mass is 16.5. The van der Waals surface area contributed by atoms with Crippen LogP contribution in [0.2, 0.25) is 0 Å². The largest absolute Gasteiger partial charge is 0.473 e. The molecule has 1 saturated heterocycles. The molecule has 10 heteroatoms. The Hall–Kier alpha value is -3.14. The van der Waals surface area contributed by atoms with Crippen molar-refractivity contribution in [3.63, 3.8) is 0 Å². The van der Waals surface area contributed by atoms with Crippen LogP contribution in [0.15, 0.2) is 18.7 Å². The van der Waals surface area contributed by atoms with Crippen molar-refractivity contribution in [2.24, 2.45) is 5.92 Å². The summed E-state index contributed by atoms with van der Waals surface area (Å²) in [4.78, 5) is 34.8. The molecule has 0 spiro atoms. The van der Waals surface area contributed by atoms with Gasteiger partial charge >= 0.3 is 0 Å². The fourth-order valence-corrected chi connectivity index (χ4v) is 4.64. The molecule has 10 nitrogen and oxygen atoms in total. The number of nitrogens with zero attached hydrogens (tertiary/aromatic N) is 6. The molecule has 1 aliphatic carbocycles. The van der Waals surface area contributed by atoms with E-state index in [1.807, 2.05) is 18.4 Å². The first-order valence-corrected chi connectivity index (χ1v) is 11.7. The zero-order valence-electron chi connectivity index (χ0n) is 19.0. The van der Waals surface area contributed by atoms with E-state index in [1.54, 1.807) is 12.4 Å². The summed E-state index contributed by atoms with van der Waals surface area (Å²) in [5.74, 6) is 2.12. The molecule has 1 saturated carbocycles. The summed E-state index contributed by atoms with van der Waals surface area (Å²) in [6.07, 6.45) is 9.13. The second kappa shape index (κ2) is 9.38. The first-order chi connectivity index (χ1) is 16.1. The van der Waals surface area contributed by atoms with E-state index in [9.17, 15) is 4.79 Å². The molecule has 2 fully saturated rings. The number of aryl methyl sites for hydroxylation is 2. The van der Waals surface area contributed by atoms with Crippen LogP contribution < -0.4 is 10.1 Å². The number of nitrogens with one attached hydrogen (secondary N) is 1. The maximum atomic E-state index is 12.6. The minimum absolute atomic E-state index is 0.0268. The maximum Gasteiger partial charge on any atom is 0.245 e. The van der Waals surface area contributed by atoms with Crippen molar-refractivity contribution < 1.29 is 14.3 Å². The summed E-state index contributed by atoms with van der Waals surface area (Å²) < 4.78 is 13.7. The van der Waals surface area contributed by atoms with Crippen molar-refractivity contribution in [1.82, 2.24) is 34.8 Å². The molecule has 2 aliphatic rings. The quantitative estimate of drug-likeness (QED) is 0.607. The first kappa shape index (κ1) is 21.7. The van der Waals surface area contributed by atoms with Crippen LogP contribution in [0.5, 0.6) is 5.88 Å². The van der Waals surface area contributed by atoms with Crippen LogP contribution in [-0.2, 0) is 16.1 Å². The Labute approximate surface area is 192 Å². The molecule has 1 amide bonds. The van der Waals surface area contributed by atoms with E-state index >= 15 is 0 Å². The molecule has 1 aliphatic heterocycles. The van der Waals surface area contributed by atoms with Crippen LogP contribution in [0.1, 0.15) is 44.9 Å². The Morgan fingerprint density at radius 2 is 1.94 bits per heavy atom. The third-order valence-electron chi connectivity index (χ3n) is 6.46. The van der Waals surface area contributed by atoms with Gasteiger partial charge in [-0.3, -0.25) is 4.79 Å². The van der Waals surface area contributed by atoms with E-state index in [0.717, 1.165) is 49.1 Å². The number of rotatable bonds is 6. The first-order valence-electron chi connectivity index (χ1n) is 11.7. The lowest BCUT2D eigenvalue weighted by molar-refractivity contribution is -0.128. The lowest BCUT2D eigenvalue weighted by Crippen LogP contribution is -2.40. The Bertz CT molecular complexity index is 1130. The predicted octanol–water partition coefficient (Wildman–Crippen LogP) is 2.45. The van der Waals surface area contributed by atoms with Crippen LogP contribution in [0, 0.1) is 12.8 Å². The van der Waals surface area contributed by atoms with Crippen LogP contribution in [0.25, 0.3) is 22.6 Å². The summed E-state index contributed by atoms with van der Waals surface area (Å²) in [6, 6.07) is 0.121. The molecule has 174 valence electrons. The van der Waals surface area contributed by atoms with Gasteiger partial charge in [0.25, 0.3) is 0 Å². The number of aromatic nitrogens is 6. The van der Waals surface area contributed by atoms with Crippen molar-refractivity contribution in [3.8, 4) is 17.3 Å². The van der Waals surface area contributed by atoms with Crippen molar-refractivity contribution >= 4 is 17.1 Å². The number of imidazole rings is 1. The molecule has 3 aromatic heterocycles. The molecule has 0 aromatic carbocycles. The zero-order valence-corrected chi connectivity index (χ0v) is 19.0. The number of hydrogen-bond donors (Lipinski definition) is 1. The molecule has 2 unspecified atom stereocenters. The predicted molar refractivity (Wildman–Crippen MR) is 121 cm³/mol. The SMILES string of the molecule is CCn1c(-c2cnc(C)nc2)nc2c(OC3CCC(NC(=O)C4CCOCC4)C3)ncnc21. The molecule has 4 heterocycles. The molecular weight excluding hydrogens is 422 g/mol. The van der Waals surface area contributed by atoms with Gasteiger partial charge in [-0.1, -0.05) is 0 Å². The molecule has 1 N–H and O–H groups in total. The standard InChI is InChI=1S/C23H29N7O3/c1-3-30-20(16-11-24-14(2)25-12-16)29-19-21(30)26-13-27-23(19)33-18-5-4-17(10-18)28-22(31)15-6-8-32-9-7-15/h11-13,15,17-18H,3-10H2,1-2H3,(H,28,31). The normalized spacial score (nSPS) is 21.4. The average molecular weight is 452 g/mol. The van der Waals surface area contributed by atoms with Crippen molar-refractivity contribution in [3.05, 3.63) is 24.5 Å². The molecule has 3 aromatic rings. The molecule has 0 bridgehead atoms. The highest BCUT2D eigenvalue weighted by Gasteiger charge is 2.31. The van der Waals surface area contributed by atoms with Crippen LogP contribution in [0.3, 0.4) is 0 Å². The summed E-state index contributed by atoms with van der Waals surface area (Å²) >= 11 is 0. The minimum atomic E-state index is -0.0268. The Kier molecular flexibility index (Phi) is 6.17. The van der Waals surface area contributed by atoms with Gasteiger partial charge in [0.05, 0.1) is 5.56 Å². The Morgan fingerprint density at radius 3 is 2.70 bits per heavy atom. The highest BCUT2D eigenvalue weighted by molar-refractivity contribution is 5.81. The van der Waals surface area contributed by atoms with E-state index in [4.69, 9.17) is 14.5 Å². The van der Waals surface area contributed by atoms with Gasteiger partial charge in [0.15, 0.2) is 11.2 Å². The van der Waals surface area contributed by atoms with Gasteiger partial charge in [-0.2, -0.15) is 4.98 Å². The molecule has 5 rings (SSSR count). The van der Waals surface area contributed by atoms with Crippen molar-refractivity contribution in [2.45, 2.75) is 64.6 Å². The van der Waals surface area contributed by atoms with Crippen LogP contribution >= 0.6 is 0 Å². The van der Waals surface area contributed by atoms with Gasteiger partial charge in [0, 0.05) is 50.5 Å². The number of fused-ring (bicyclic) bond motifs is 1. The maximum absolute atomic E-state index is 12.6. The lowest BCUT2D eigenvalue weighted by atomic mass is 9.99. The Morgan fingerprint density at radius 1 is 1.15 bits per heavy atom. The number of carbonyl (C=O) groups is 1. The monoisotopic (exact) mass is 451 g/mol. The number of amides is 1. The van der Waals surface area contributed by atoms with Gasteiger partial charge in [0.2, 0.25) is 11.8 Å². The fraction of sp³-hybridized carbons (Fsp3) is 0.565. The minimum Gasteiger partial charge on any atom is -0.473 e. The average Bonchev–Trinajstić information content (AvgIpc) is 3.44. The Balaban J connectivity index is 1.31. The molecular formula is C23H29N7O3. The van der Waals surface area contributed by atoms with Crippen molar-refractivity contribution in [1.29, 1.82) is 0 Å². The summed E-state index contributed by atoms with van der Waals surface area (Å²) in [5, 5.41) is 3.21. The summed E-state index contributed by atoms with van der Waals surface area (Å²) in [5.41, 5.74) is 2.17. The molecule has 2 atom stereocenters. The van der Waals surface area contributed by atoms with Gasteiger partial charge in [-0.15, -0.1) is 0 Å². The van der Waals surface area contributed by atoms with Gasteiger partial charge in [-0.25, -0.2) is 19.9 Å². The van der Waals surface area contributed by atoms with Gasteiger partial charge in [0.1, 0.15) is 24.1 Å². The van der Waals surface area contributed by atoms with E-state index in [0.29, 0.717) is 37.0 Å². The molecule has 0 radical (unpaired) electrons. The topological polar surface area (TPSA) is 117 Å². The smallest absolute Gasteiger partial charge is 0.245 e. The number of ether oxygens (including phenoxy) is 2. The van der Waals surface area contributed by atoms with Crippen molar-refractivity contribution in [2.75, 3.05) is 13.2 Å². The van der Waals surface area contributed by atoms with Crippen LogP contribution in [0.4, 0.5) is 0 Å². The zero-order chi connectivity index (χ0) is 22.8. The van der Waals surface area contributed by atoms with Gasteiger partial charge in [-0.05, 0) is 39.5 Å². The second-order valence-corrected chi connectivity index (χ2v) is 8.69. The van der Waals surface area contributed by atoms with E-state index < -0.39 is 0 Å².